The van der Waals surface area contributed by atoms with E-state index in [9.17, 15) is 19.8 Å². The molecule has 1 aromatic heterocycles. The van der Waals surface area contributed by atoms with E-state index in [2.05, 4.69) is 11.6 Å². The van der Waals surface area contributed by atoms with Crippen molar-refractivity contribution in [2.45, 2.75) is 23.1 Å². The predicted octanol–water partition coefficient (Wildman–Crippen LogP) is -0.159. The van der Waals surface area contributed by atoms with E-state index in [4.69, 9.17) is 11.6 Å². The summed E-state index contributed by atoms with van der Waals surface area (Å²) in [7, 11) is 0. The Morgan fingerprint density at radius 1 is 1.50 bits per heavy atom. The summed E-state index contributed by atoms with van der Waals surface area (Å²) in [6, 6.07) is 0. The topological polar surface area (TPSA) is 95.3 Å². The summed E-state index contributed by atoms with van der Waals surface area (Å²) in [4.78, 5) is 25.8. The van der Waals surface area contributed by atoms with Crippen LogP contribution in [0.25, 0.3) is 0 Å². The van der Waals surface area contributed by atoms with Crippen LogP contribution in [0.2, 0.25) is 0 Å². The number of aromatic nitrogens is 2. The van der Waals surface area contributed by atoms with Crippen molar-refractivity contribution in [2.75, 3.05) is 12.5 Å². The second kappa shape index (κ2) is 6.17. The van der Waals surface area contributed by atoms with Gasteiger partial charge in [0.1, 0.15) is 5.37 Å². The molecule has 0 unspecified atom stereocenters. The molecule has 0 spiro atoms. The second-order valence-electron chi connectivity index (χ2n) is 4.49. The Hall–Kier alpha value is -1.02. The lowest BCUT2D eigenvalue weighted by Gasteiger charge is -2.15. The van der Waals surface area contributed by atoms with Crippen LogP contribution >= 0.6 is 23.4 Å². The van der Waals surface area contributed by atoms with Gasteiger partial charge in [-0.1, -0.05) is 6.58 Å². The highest BCUT2D eigenvalue weighted by molar-refractivity contribution is 8.00. The number of hydrogen-bond acceptors (Lipinski definition) is 5. The van der Waals surface area contributed by atoms with Gasteiger partial charge in [0.05, 0.1) is 18.0 Å². The minimum atomic E-state index is -0.884. The molecule has 0 aromatic carbocycles. The summed E-state index contributed by atoms with van der Waals surface area (Å²) < 4.78 is 1.31. The van der Waals surface area contributed by atoms with Crippen molar-refractivity contribution in [1.82, 2.24) is 9.55 Å². The van der Waals surface area contributed by atoms with Crippen LogP contribution in [-0.4, -0.2) is 43.6 Å². The standard InChI is InChI=1S/C12H15ClN2O4S/c1-6-9(17)8(5-16)20-11(6)15-4-7(2-3-13)10(18)14-12(15)19/h4,8-9,11,16-17H,1-3,5H2,(H,14,18,19)/t8-,9+,11+/m1/s1. The van der Waals surface area contributed by atoms with Crippen LogP contribution in [0.1, 0.15) is 10.9 Å². The molecule has 2 heterocycles. The molecule has 0 aliphatic carbocycles. The number of H-pyrrole nitrogens is 1. The van der Waals surface area contributed by atoms with Crippen molar-refractivity contribution in [2.24, 2.45) is 0 Å². The SMILES string of the molecule is C=C1[C@H](O)[C@@H](CO)S[C@@H]1n1cc(CCCl)c(=O)[nH]c1=O. The van der Waals surface area contributed by atoms with E-state index >= 15 is 0 Å². The maximum absolute atomic E-state index is 11.9. The Labute approximate surface area is 124 Å². The van der Waals surface area contributed by atoms with Crippen LogP contribution in [0.15, 0.2) is 27.9 Å². The third kappa shape index (κ3) is 2.71. The first kappa shape index (κ1) is 15.4. The van der Waals surface area contributed by atoms with Crippen LogP contribution in [0.4, 0.5) is 0 Å². The number of nitrogens with zero attached hydrogens (tertiary/aromatic N) is 1. The number of aromatic amines is 1. The van der Waals surface area contributed by atoms with Gasteiger partial charge in [0.2, 0.25) is 0 Å². The molecule has 0 bridgehead atoms. The first-order valence-corrected chi connectivity index (χ1v) is 7.50. The van der Waals surface area contributed by atoms with Gasteiger partial charge in [-0.2, -0.15) is 0 Å². The molecule has 3 atom stereocenters. The zero-order chi connectivity index (χ0) is 14.9. The van der Waals surface area contributed by atoms with Crippen molar-refractivity contribution in [3.8, 4) is 0 Å². The number of aliphatic hydroxyl groups excluding tert-OH is 2. The number of hydrogen-bond donors (Lipinski definition) is 3. The first-order chi connectivity index (χ1) is 9.49. The maximum Gasteiger partial charge on any atom is 0.329 e. The van der Waals surface area contributed by atoms with Gasteiger partial charge in [-0.25, -0.2) is 4.79 Å². The third-order valence-electron chi connectivity index (χ3n) is 3.19. The third-order valence-corrected chi connectivity index (χ3v) is 4.92. The van der Waals surface area contributed by atoms with E-state index in [1.807, 2.05) is 0 Å². The Bertz CT molecular complexity index is 627. The molecule has 8 heteroatoms. The molecule has 0 saturated carbocycles. The van der Waals surface area contributed by atoms with Gasteiger partial charge < -0.3 is 10.2 Å². The van der Waals surface area contributed by atoms with Crippen LogP contribution < -0.4 is 11.2 Å². The van der Waals surface area contributed by atoms with Crippen molar-refractivity contribution in [3.63, 3.8) is 0 Å². The fourth-order valence-electron chi connectivity index (χ4n) is 2.08. The van der Waals surface area contributed by atoms with E-state index in [0.717, 1.165) is 0 Å². The number of aliphatic hydroxyl groups is 2. The summed E-state index contributed by atoms with van der Waals surface area (Å²) in [5.41, 5.74) is -0.201. The molecule has 1 aromatic rings. The second-order valence-corrected chi connectivity index (χ2v) is 6.19. The zero-order valence-corrected chi connectivity index (χ0v) is 12.2. The summed E-state index contributed by atoms with van der Waals surface area (Å²) in [5, 5.41) is 18.2. The van der Waals surface area contributed by atoms with Crippen LogP contribution in [0.5, 0.6) is 0 Å². The molecule has 1 aliphatic heterocycles. The fraction of sp³-hybridized carbons (Fsp3) is 0.500. The molecule has 20 heavy (non-hydrogen) atoms. The Morgan fingerprint density at radius 2 is 2.20 bits per heavy atom. The van der Waals surface area contributed by atoms with Gasteiger partial charge in [-0.3, -0.25) is 14.3 Å². The maximum atomic E-state index is 11.9. The molecule has 1 aliphatic rings. The number of thioether (sulfide) groups is 1. The van der Waals surface area contributed by atoms with Gasteiger partial charge in [0.15, 0.2) is 0 Å². The van der Waals surface area contributed by atoms with E-state index in [0.29, 0.717) is 17.6 Å². The van der Waals surface area contributed by atoms with Crippen molar-refractivity contribution in [1.29, 1.82) is 0 Å². The molecular formula is C12H15ClN2O4S. The molecule has 1 fully saturated rings. The number of rotatable bonds is 4. The number of halogens is 1. The normalized spacial score (nSPS) is 26.1. The van der Waals surface area contributed by atoms with E-state index in [1.165, 1.54) is 22.5 Å². The quantitative estimate of drug-likeness (QED) is 0.530. The number of aryl methyl sites for hydroxylation is 1. The number of alkyl halides is 1. The van der Waals surface area contributed by atoms with Crippen LogP contribution in [0.3, 0.4) is 0 Å². The van der Waals surface area contributed by atoms with Gasteiger partial charge in [0, 0.05) is 17.6 Å². The molecule has 0 radical (unpaired) electrons. The molecule has 6 nitrogen and oxygen atoms in total. The molecule has 1 saturated heterocycles. The highest BCUT2D eigenvalue weighted by Gasteiger charge is 2.38. The van der Waals surface area contributed by atoms with Crippen molar-refractivity contribution < 1.29 is 10.2 Å². The Morgan fingerprint density at radius 3 is 2.75 bits per heavy atom. The average molecular weight is 319 g/mol. The van der Waals surface area contributed by atoms with Crippen LogP contribution in [-0.2, 0) is 6.42 Å². The molecule has 0 amide bonds. The van der Waals surface area contributed by atoms with Gasteiger partial charge in [0.25, 0.3) is 5.56 Å². The largest absolute Gasteiger partial charge is 0.395 e. The van der Waals surface area contributed by atoms with Gasteiger partial charge in [-0.05, 0) is 12.0 Å². The highest BCUT2D eigenvalue weighted by Crippen LogP contribution is 2.43. The highest BCUT2D eigenvalue weighted by atomic mass is 35.5. The van der Waals surface area contributed by atoms with Gasteiger partial charge >= 0.3 is 5.69 Å². The summed E-state index contributed by atoms with van der Waals surface area (Å²) in [6.45, 7) is 3.56. The minimum Gasteiger partial charge on any atom is -0.395 e. The van der Waals surface area contributed by atoms with E-state index in [1.54, 1.807) is 0 Å². The van der Waals surface area contributed by atoms with E-state index in [-0.39, 0.29) is 12.5 Å². The summed E-state index contributed by atoms with van der Waals surface area (Å²) >= 11 is 6.86. The molecule has 110 valence electrons. The van der Waals surface area contributed by atoms with Crippen LogP contribution in [0, 0.1) is 0 Å². The Kier molecular flexibility index (Phi) is 4.74. The molecule has 2 rings (SSSR count). The smallest absolute Gasteiger partial charge is 0.329 e. The van der Waals surface area contributed by atoms with Crippen molar-refractivity contribution in [3.05, 3.63) is 44.8 Å². The lowest BCUT2D eigenvalue weighted by Crippen LogP contribution is -2.33. The van der Waals surface area contributed by atoms with E-state index < -0.39 is 28.0 Å². The van der Waals surface area contributed by atoms with Crippen molar-refractivity contribution >= 4 is 23.4 Å². The lowest BCUT2D eigenvalue weighted by molar-refractivity contribution is 0.172. The fourth-order valence-corrected chi connectivity index (χ4v) is 3.63. The predicted molar refractivity (Wildman–Crippen MR) is 78.4 cm³/mol. The summed E-state index contributed by atoms with van der Waals surface area (Å²) in [5.74, 6) is 0.266. The minimum absolute atomic E-state index is 0.214. The lowest BCUT2D eigenvalue weighted by atomic mass is 10.1. The summed E-state index contributed by atoms with van der Waals surface area (Å²) in [6.07, 6.45) is 0.900. The zero-order valence-electron chi connectivity index (χ0n) is 10.6. The average Bonchev–Trinajstić information content (AvgIpc) is 2.70. The number of nitrogens with one attached hydrogen (secondary N) is 1. The first-order valence-electron chi connectivity index (χ1n) is 6.03. The molecule has 3 N–H and O–H groups in total. The monoisotopic (exact) mass is 318 g/mol. The van der Waals surface area contributed by atoms with Gasteiger partial charge in [-0.15, -0.1) is 23.4 Å². The Balaban J connectivity index is 2.43. The molecular weight excluding hydrogens is 304 g/mol.